The van der Waals surface area contributed by atoms with Gasteiger partial charge in [-0.05, 0) is 31.2 Å². The molecule has 1 aliphatic carbocycles. The number of nitrogens with one attached hydrogen (secondary N) is 2. The van der Waals surface area contributed by atoms with Crippen LogP contribution < -0.4 is 10.6 Å². The molecular formula is C15H28N2. The van der Waals surface area contributed by atoms with E-state index in [2.05, 4.69) is 57.1 Å². The standard InChI is InChI=1S/C15H28N2/c1-11(2)14(16-6)17-12(3)13-8-7-9-15(4,5)10-13/h7,9,11,13-14,16-17H,3,8,10H2,1-2,4-6H3/t13?,14-/m1/s1. The Hall–Kier alpha value is -0.760. The van der Waals surface area contributed by atoms with Crippen LogP contribution >= 0.6 is 0 Å². The van der Waals surface area contributed by atoms with Crippen LogP contribution in [-0.2, 0) is 0 Å². The summed E-state index contributed by atoms with van der Waals surface area (Å²) in [5, 5.41) is 6.84. The van der Waals surface area contributed by atoms with Gasteiger partial charge in [0.1, 0.15) is 0 Å². The van der Waals surface area contributed by atoms with Crippen LogP contribution in [0.1, 0.15) is 40.5 Å². The third kappa shape index (κ3) is 4.19. The van der Waals surface area contributed by atoms with E-state index in [0.29, 0.717) is 23.4 Å². The van der Waals surface area contributed by atoms with Crippen LogP contribution in [0.4, 0.5) is 0 Å². The largest absolute Gasteiger partial charge is 0.373 e. The van der Waals surface area contributed by atoms with Crippen LogP contribution in [0.5, 0.6) is 0 Å². The van der Waals surface area contributed by atoms with E-state index in [1.54, 1.807) is 0 Å². The summed E-state index contributed by atoms with van der Waals surface area (Å²) >= 11 is 0. The molecule has 0 saturated carbocycles. The van der Waals surface area contributed by atoms with Crippen molar-refractivity contribution in [3.05, 3.63) is 24.4 Å². The van der Waals surface area contributed by atoms with E-state index >= 15 is 0 Å². The summed E-state index contributed by atoms with van der Waals surface area (Å²) in [5.74, 6) is 1.12. The summed E-state index contributed by atoms with van der Waals surface area (Å²) in [6, 6.07) is 0. The van der Waals surface area contributed by atoms with E-state index in [9.17, 15) is 0 Å². The molecule has 2 atom stereocenters. The van der Waals surface area contributed by atoms with Crippen molar-refractivity contribution in [2.45, 2.75) is 46.7 Å². The van der Waals surface area contributed by atoms with Gasteiger partial charge in [0.2, 0.25) is 0 Å². The van der Waals surface area contributed by atoms with Gasteiger partial charge in [0.25, 0.3) is 0 Å². The fourth-order valence-corrected chi connectivity index (χ4v) is 2.49. The second-order valence-corrected chi connectivity index (χ2v) is 6.21. The molecule has 0 radical (unpaired) electrons. The first-order chi connectivity index (χ1) is 7.85. The molecule has 0 heterocycles. The molecular weight excluding hydrogens is 208 g/mol. The monoisotopic (exact) mass is 236 g/mol. The van der Waals surface area contributed by atoms with Gasteiger partial charge in [0, 0.05) is 11.6 Å². The molecule has 1 unspecified atom stereocenters. The maximum absolute atomic E-state index is 4.23. The molecule has 0 aromatic rings. The van der Waals surface area contributed by atoms with Gasteiger partial charge in [-0.1, -0.05) is 46.4 Å². The van der Waals surface area contributed by atoms with Gasteiger partial charge in [-0.15, -0.1) is 0 Å². The molecule has 0 aliphatic heterocycles. The zero-order valence-corrected chi connectivity index (χ0v) is 12.0. The highest BCUT2D eigenvalue weighted by Gasteiger charge is 2.26. The van der Waals surface area contributed by atoms with Gasteiger partial charge >= 0.3 is 0 Å². The SMILES string of the molecule is C=C(N[C@@H](NC)C(C)C)C1CC=CC(C)(C)C1. The fourth-order valence-electron chi connectivity index (χ4n) is 2.49. The molecule has 0 aromatic carbocycles. The summed E-state index contributed by atoms with van der Waals surface area (Å²) < 4.78 is 0. The molecule has 2 nitrogen and oxygen atoms in total. The van der Waals surface area contributed by atoms with Crippen LogP contribution in [0.15, 0.2) is 24.4 Å². The average molecular weight is 236 g/mol. The van der Waals surface area contributed by atoms with E-state index in [4.69, 9.17) is 0 Å². The second kappa shape index (κ2) is 5.72. The molecule has 1 rings (SSSR count). The second-order valence-electron chi connectivity index (χ2n) is 6.21. The molecule has 17 heavy (non-hydrogen) atoms. The van der Waals surface area contributed by atoms with Gasteiger partial charge in [0.15, 0.2) is 0 Å². The number of allylic oxidation sites excluding steroid dienone is 3. The lowest BCUT2D eigenvalue weighted by atomic mass is 9.76. The van der Waals surface area contributed by atoms with Crippen molar-refractivity contribution in [2.75, 3.05) is 7.05 Å². The van der Waals surface area contributed by atoms with Crippen LogP contribution in [0.25, 0.3) is 0 Å². The van der Waals surface area contributed by atoms with E-state index in [-0.39, 0.29) is 0 Å². The van der Waals surface area contributed by atoms with E-state index in [0.717, 1.165) is 6.42 Å². The van der Waals surface area contributed by atoms with Crippen molar-refractivity contribution in [3.63, 3.8) is 0 Å². The molecule has 0 saturated heterocycles. The summed E-state index contributed by atoms with van der Waals surface area (Å²) in [6.07, 6.45) is 7.24. The zero-order valence-electron chi connectivity index (χ0n) is 12.0. The highest BCUT2D eigenvalue weighted by Crippen LogP contribution is 2.36. The Labute approximate surface area is 107 Å². The van der Waals surface area contributed by atoms with Crippen LogP contribution in [0, 0.1) is 17.3 Å². The maximum Gasteiger partial charge on any atom is 0.0786 e. The average Bonchev–Trinajstić information content (AvgIpc) is 2.23. The first kappa shape index (κ1) is 14.3. The van der Waals surface area contributed by atoms with E-state index in [1.807, 2.05) is 7.05 Å². The molecule has 0 fully saturated rings. The molecule has 1 aliphatic rings. The minimum absolute atomic E-state index is 0.306. The highest BCUT2D eigenvalue weighted by atomic mass is 15.1. The Morgan fingerprint density at radius 1 is 1.41 bits per heavy atom. The van der Waals surface area contributed by atoms with Gasteiger partial charge in [0.05, 0.1) is 6.17 Å². The molecule has 2 N–H and O–H groups in total. The fraction of sp³-hybridized carbons (Fsp3) is 0.733. The van der Waals surface area contributed by atoms with Crippen molar-refractivity contribution < 1.29 is 0 Å². The predicted octanol–water partition coefficient (Wildman–Crippen LogP) is 3.28. The summed E-state index contributed by atoms with van der Waals surface area (Å²) in [5.41, 5.74) is 1.48. The van der Waals surface area contributed by atoms with Crippen molar-refractivity contribution in [1.82, 2.24) is 10.6 Å². The van der Waals surface area contributed by atoms with Crippen molar-refractivity contribution in [3.8, 4) is 0 Å². The smallest absolute Gasteiger partial charge is 0.0786 e. The third-order valence-corrected chi connectivity index (χ3v) is 3.57. The third-order valence-electron chi connectivity index (χ3n) is 3.57. The lowest BCUT2D eigenvalue weighted by Crippen LogP contribution is -2.45. The number of rotatable bonds is 5. The molecule has 0 amide bonds. The minimum Gasteiger partial charge on any atom is -0.373 e. The molecule has 98 valence electrons. The minimum atomic E-state index is 0.306. The predicted molar refractivity (Wildman–Crippen MR) is 75.6 cm³/mol. The summed E-state index contributed by atoms with van der Waals surface area (Å²) in [4.78, 5) is 0. The molecule has 2 heteroatoms. The van der Waals surface area contributed by atoms with Gasteiger partial charge < -0.3 is 10.6 Å². The van der Waals surface area contributed by atoms with Gasteiger partial charge in [-0.2, -0.15) is 0 Å². The lowest BCUT2D eigenvalue weighted by Gasteiger charge is -2.34. The highest BCUT2D eigenvalue weighted by molar-refractivity contribution is 5.11. The topological polar surface area (TPSA) is 24.1 Å². The quantitative estimate of drug-likeness (QED) is 0.565. The Morgan fingerprint density at radius 2 is 2.06 bits per heavy atom. The molecule has 0 bridgehead atoms. The van der Waals surface area contributed by atoms with Crippen LogP contribution in [0.2, 0.25) is 0 Å². The van der Waals surface area contributed by atoms with Crippen LogP contribution in [-0.4, -0.2) is 13.2 Å². The number of hydrogen-bond donors (Lipinski definition) is 2. The Kier molecular flexibility index (Phi) is 4.81. The van der Waals surface area contributed by atoms with Crippen molar-refractivity contribution in [2.24, 2.45) is 17.3 Å². The Bertz CT molecular complexity index is 289. The van der Waals surface area contributed by atoms with Gasteiger partial charge in [-0.3, -0.25) is 0 Å². The first-order valence-corrected chi connectivity index (χ1v) is 6.66. The lowest BCUT2D eigenvalue weighted by molar-refractivity contribution is 0.308. The summed E-state index contributed by atoms with van der Waals surface area (Å²) in [7, 11) is 2.00. The molecule has 0 spiro atoms. The normalized spacial score (nSPS) is 24.7. The summed E-state index contributed by atoms with van der Waals surface area (Å²) in [6.45, 7) is 13.2. The van der Waals surface area contributed by atoms with E-state index < -0.39 is 0 Å². The molecule has 0 aromatic heterocycles. The zero-order chi connectivity index (χ0) is 13.1. The maximum atomic E-state index is 4.23. The first-order valence-electron chi connectivity index (χ1n) is 6.66. The number of hydrogen-bond acceptors (Lipinski definition) is 2. The van der Waals surface area contributed by atoms with E-state index in [1.165, 1.54) is 12.1 Å². The van der Waals surface area contributed by atoms with Crippen molar-refractivity contribution >= 4 is 0 Å². The Morgan fingerprint density at radius 3 is 2.53 bits per heavy atom. The van der Waals surface area contributed by atoms with Crippen LogP contribution in [0.3, 0.4) is 0 Å². The van der Waals surface area contributed by atoms with Gasteiger partial charge in [-0.25, -0.2) is 0 Å². The Balaban J connectivity index is 2.57. The van der Waals surface area contributed by atoms with Crippen molar-refractivity contribution in [1.29, 1.82) is 0 Å².